The second kappa shape index (κ2) is 12.0. The van der Waals surface area contributed by atoms with E-state index in [1.54, 1.807) is 38.1 Å². The number of carbonyl (C=O) groups excluding carboxylic acids is 2. The summed E-state index contributed by atoms with van der Waals surface area (Å²) in [6.45, 7) is 7.93. The lowest BCUT2D eigenvalue weighted by Gasteiger charge is -2.29. The van der Waals surface area contributed by atoms with Crippen LogP contribution < -0.4 is 9.62 Å². The summed E-state index contributed by atoms with van der Waals surface area (Å²) in [6.07, 6.45) is 1.48. The fourth-order valence-electron chi connectivity index (χ4n) is 3.68. The van der Waals surface area contributed by atoms with Gasteiger partial charge in [-0.2, -0.15) is 0 Å². The molecule has 0 unspecified atom stereocenters. The van der Waals surface area contributed by atoms with Crippen molar-refractivity contribution in [2.75, 3.05) is 23.7 Å². The van der Waals surface area contributed by atoms with Crippen LogP contribution in [-0.4, -0.2) is 50.5 Å². The summed E-state index contributed by atoms with van der Waals surface area (Å²) in [5.74, 6) is -0.950. The predicted molar refractivity (Wildman–Crippen MR) is 132 cm³/mol. The first kappa shape index (κ1) is 27.3. The highest BCUT2D eigenvalue weighted by Gasteiger charge is 2.26. The summed E-state index contributed by atoms with van der Waals surface area (Å²) in [6, 6.07) is 10.5. The van der Waals surface area contributed by atoms with Gasteiger partial charge in [-0.3, -0.25) is 13.9 Å². The maximum Gasteiger partial charge on any atom is 0.242 e. The molecule has 0 saturated carbocycles. The Bertz CT molecular complexity index is 1100. The highest BCUT2D eigenvalue weighted by molar-refractivity contribution is 7.92. The Morgan fingerprint density at radius 2 is 1.74 bits per heavy atom. The zero-order valence-corrected chi connectivity index (χ0v) is 21.3. The maximum atomic E-state index is 13.3. The number of amides is 2. The van der Waals surface area contributed by atoms with Crippen LogP contribution in [0.15, 0.2) is 42.5 Å². The smallest absolute Gasteiger partial charge is 0.242 e. The van der Waals surface area contributed by atoms with Crippen LogP contribution in [0, 0.1) is 19.7 Å². The quantitative estimate of drug-likeness (QED) is 0.521. The van der Waals surface area contributed by atoms with Crippen molar-refractivity contribution in [3.63, 3.8) is 0 Å². The number of aryl methyl sites for hydroxylation is 1. The van der Waals surface area contributed by atoms with Crippen molar-refractivity contribution in [1.29, 1.82) is 0 Å². The molecule has 0 fully saturated rings. The molecule has 2 amide bonds. The molecule has 0 aliphatic rings. The van der Waals surface area contributed by atoms with Crippen molar-refractivity contribution in [2.24, 2.45) is 0 Å². The first-order valence-corrected chi connectivity index (χ1v) is 13.2. The zero-order chi connectivity index (χ0) is 25.5. The van der Waals surface area contributed by atoms with Gasteiger partial charge < -0.3 is 10.2 Å². The normalized spacial score (nSPS) is 12.2. The van der Waals surface area contributed by atoms with Gasteiger partial charge in [-0.25, -0.2) is 12.8 Å². The number of sulfonamides is 1. The van der Waals surface area contributed by atoms with Gasteiger partial charge in [0.05, 0.1) is 11.9 Å². The molecule has 186 valence electrons. The van der Waals surface area contributed by atoms with Crippen molar-refractivity contribution in [2.45, 2.75) is 53.1 Å². The molecule has 1 atom stereocenters. The standard InChI is InChI=1S/C25H34FN3O4S/c1-6-27-25(31)20(4)28(17-21-12-14-22(26)15-13-21)24(30)11-8-16-29(34(5,32)33)23-10-7-9-18(2)19(23)3/h7,9-10,12-15,20H,6,8,11,16-17H2,1-5H3,(H,27,31)/t20-/m1/s1. The first-order valence-electron chi connectivity index (χ1n) is 11.3. The van der Waals surface area contributed by atoms with Crippen molar-refractivity contribution in [1.82, 2.24) is 10.2 Å². The van der Waals surface area contributed by atoms with E-state index in [9.17, 15) is 22.4 Å². The van der Waals surface area contributed by atoms with Crippen LogP contribution >= 0.6 is 0 Å². The monoisotopic (exact) mass is 491 g/mol. The second-order valence-corrected chi connectivity index (χ2v) is 10.3. The number of carbonyl (C=O) groups is 2. The van der Waals surface area contributed by atoms with Crippen molar-refractivity contribution in [3.8, 4) is 0 Å². The van der Waals surface area contributed by atoms with Crippen LogP contribution in [-0.2, 0) is 26.2 Å². The van der Waals surface area contributed by atoms with Gasteiger partial charge in [0.1, 0.15) is 11.9 Å². The molecule has 0 aliphatic carbocycles. The number of hydrogen-bond donors (Lipinski definition) is 1. The van der Waals surface area contributed by atoms with Gasteiger partial charge >= 0.3 is 0 Å². The molecule has 0 aliphatic heterocycles. The second-order valence-electron chi connectivity index (χ2n) is 8.38. The third kappa shape index (κ3) is 7.28. The van der Waals surface area contributed by atoms with Crippen LogP contribution in [0.3, 0.4) is 0 Å². The van der Waals surface area contributed by atoms with Crippen LogP contribution in [0.1, 0.15) is 43.4 Å². The van der Waals surface area contributed by atoms with E-state index in [1.807, 2.05) is 19.9 Å². The fraction of sp³-hybridized carbons (Fsp3) is 0.440. The van der Waals surface area contributed by atoms with Gasteiger partial charge in [0, 0.05) is 26.1 Å². The number of nitrogens with one attached hydrogen (secondary N) is 1. The lowest BCUT2D eigenvalue weighted by atomic mass is 10.1. The van der Waals surface area contributed by atoms with Crippen molar-refractivity contribution in [3.05, 3.63) is 65.0 Å². The third-order valence-corrected chi connectivity index (χ3v) is 6.96. The molecule has 9 heteroatoms. The maximum absolute atomic E-state index is 13.3. The Kier molecular flexibility index (Phi) is 9.61. The molecule has 0 spiro atoms. The van der Waals surface area contributed by atoms with E-state index in [4.69, 9.17) is 0 Å². The summed E-state index contributed by atoms with van der Waals surface area (Å²) in [5.41, 5.74) is 3.12. The van der Waals surface area contributed by atoms with E-state index in [0.29, 0.717) is 17.8 Å². The summed E-state index contributed by atoms with van der Waals surface area (Å²) in [4.78, 5) is 27.1. The zero-order valence-electron chi connectivity index (χ0n) is 20.5. The molecular formula is C25H34FN3O4S. The first-order chi connectivity index (χ1) is 16.0. The van der Waals surface area contributed by atoms with E-state index in [0.717, 1.165) is 17.4 Å². The molecule has 0 radical (unpaired) electrons. The number of nitrogens with zero attached hydrogens (tertiary/aromatic N) is 2. The van der Waals surface area contributed by atoms with Gasteiger partial charge in [0.25, 0.3) is 0 Å². The average molecular weight is 492 g/mol. The van der Waals surface area contributed by atoms with Crippen molar-refractivity contribution < 1.29 is 22.4 Å². The minimum Gasteiger partial charge on any atom is -0.355 e. The Hall–Kier alpha value is -2.94. The molecule has 2 rings (SSSR count). The van der Waals surface area contributed by atoms with E-state index < -0.39 is 16.1 Å². The molecule has 7 nitrogen and oxygen atoms in total. The minimum absolute atomic E-state index is 0.0574. The minimum atomic E-state index is -3.56. The topological polar surface area (TPSA) is 86.8 Å². The summed E-state index contributed by atoms with van der Waals surface area (Å²) >= 11 is 0. The van der Waals surface area contributed by atoms with Crippen LogP contribution in [0.5, 0.6) is 0 Å². The number of hydrogen-bond acceptors (Lipinski definition) is 4. The summed E-state index contributed by atoms with van der Waals surface area (Å²) in [5, 5.41) is 2.72. The molecule has 2 aromatic carbocycles. The van der Waals surface area contributed by atoms with Crippen LogP contribution in [0.2, 0.25) is 0 Å². The van der Waals surface area contributed by atoms with Gasteiger partial charge in [-0.05, 0) is 69.0 Å². The number of likely N-dealkylation sites (N-methyl/N-ethyl adjacent to an activating group) is 1. The largest absolute Gasteiger partial charge is 0.355 e. The molecule has 0 bridgehead atoms. The highest BCUT2D eigenvalue weighted by Crippen LogP contribution is 2.25. The Labute approximate surface area is 202 Å². The Morgan fingerprint density at radius 1 is 1.09 bits per heavy atom. The van der Waals surface area contributed by atoms with Gasteiger partial charge in [-0.1, -0.05) is 24.3 Å². The van der Waals surface area contributed by atoms with E-state index in [2.05, 4.69) is 5.32 Å². The van der Waals surface area contributed by atoms with Crippen LogP contribution in [0.4, 0.5) is 10.1 Å². The molecule has 1 N–H and O–H groups in total. The highest BCUT2D eigenvalue weighted by atomic mass is 32.2. The molecular weight excluding hydrogens is 457 g/mol. The lowest BCUT2D eigenvalue weighted by Crippen LogP contribution is -2.47. The Balaban J connectivity index is 2.18. The lowest BCUT2D eigenvalue weighted by molar-refractivity contribution is -0.140. The van der Waals surface area contributed by atoms with Gasteiger partial charge in [0.15, 0.2) is 0 Å². The van der Waals surface area contributed by atoms with E-state index in [1.165, 1.54) is 21.3 Å². The van der Waals surface area contributed by atoms with Gasteiger partial charge in [0.2, 0.25) is 21.8 Å². The summed E-state index contributed by atoms with van der Waals surface area (Å²) in [7, 11) is -3.56. The summed E-state index contributed by atoms with van der Waals surface area (Å²) < 4.78 is 39.6. The SMILES string of the molecule is CCNC(=O)[C@@H](C)N(Cc1ccc(F)cc1)C(=O)CCCN(c1cccc(C)c1C)S(C)(=O)=O. The third-order valence-electron chi connectivity index (χ3n) is 5.78. The predicted octanol–water partition coefficient (Wildman–Crippen LogP) is 3.54. The molecule has 2 aromatic rings. The van der Waals surface area contributed by atoms with Crippen LogP contribution in [0.25, 0.3) is 0 Å². The molecule has 0 saturated heterocycles. The number of halogens is 1. The average Bonchev–Trinajstić information content (AvgIpc) is 2.77. The molecule has 0 aromatic heterocycles. The fourth-order valence-corrected chi connectivity index (χ4v) is 4.70. The Morgan fingerprint density at radius 3 is 2.32 bits per heavy atom. The van der Waals surface area contributed by atoms with E-state index in [-0.39, 0.29) is 43.6 Å². The van der Waals surface area contributed by atoms with Gasteiger partial charge in [-0.15, -0.1) is 0 Å². The number of rotatable bonds is 11. The van der Waals surface area contributed by atoms with E-state index >= 15 is 0 Å². The molecule has 0 heterocycles. The number of benzene rings is 2. The molecule has 34 heavy (non-hydrogen) atoms. The number of anilines is 1. The van der Waals surface area contributed by atoms with Crippen molar-refractivity contribution >= 4 is 27.5 Å².